The highest BCUT2D eigenvalue weighted by Gasteiger charge is 2.07. The van der Waals surface area contributed by atoms with Gasteiger partial charge in [-0.15, -0.1) is 0 Å². The van der Waals surface area contributed by atoms with Crippen LogP contribution in [0.25, 0.3) is 11.3 Å². The summed E-state index contributed by atoms with van der Waals surface area (Å²) in [4.78, 5) is 4.51. The first-order valence-corrected chi connectivity index (χ1v) is 5.63. The molecule has 4 heteroatoms. The minimum atomic E-state index is -0.232. The number of aryl methyl sites for hydroxylation is 1. The highest BCUT2D eigenvalue weighted by molar-refractivity contribution is 5.58. The molecule has 0 radical (unpaired) electrons. The van der Waals surface area contributed by atoms with E-state index in [0.717, 1.165) is 30.0 Å². The zero-order valence-electron chi connectivity index (χ0n) is 10.1. The van der Waals surface area contributed by atoms with Gasteiger partial charge in [0.05, 0.1) is 5.69 Å². The number of rotatable bonds is 4. The second kappa shape index (κ2) is 5.10. The largest absolute Gasteiger partial charge is 0.337 e. The van der Waals surface area contributed by atoms with Gasteiger partial charge in [0.1, 0.15) is 11.6 Å². The SMILES string of the molecule is CNCCc1nc(-c2cccc(F)c2)cn1C. The first-order valence-electron chi connectivity index (χ1n) is 5.63. The molecule has 0 amide bonds. The van der Waals surface area contributed by atoms with Crippen LogP contribution in [0, 0.1) is 5.82 Å². The maximum Gasteiger partial charge on any atom is 0.123 e. The molecule has 0 saturated carbocycles. The van der Waals surface area contributed by atoms with Crippen LogP contribution in [0.4, 0.5) is 4.39 Å². The highest BCUT2D eigenvalue weighted by Crippen LogP contribution is 2.19. The summed E-state index contributed by atoms with van der Waals surface area (Å²) in [6.45, 7) is 0.882. The fourth-order valence-electron chi connectivity index (χ4n) is 1.76. The van der Waals surface area contributed by atoms with Crippen molar-refractivity contribution >= 4 is 0 Å². The van der Waals surface area contributed by atoms with Crippen LogP contribution in [-0.2, 0) is 13.5 Å². The molecule has 0 fully saturated rings. The van der Waals surface area contributed by atoms with Gasteiger partial charge in [-0.1, -0.05) is 12.1 Å². The van der Waals surface area contributed by atoms with Crippen LogP contribution in [0.2, 0.25) is 0 Å². The fourth-order valence-corrected chi connectivity index (χ4v) is 1.76. The Morgan fingerprint density at radius 3 is 2.94 bits per heavy atom. The summed E-state index contributed by atoms with van der Waals surface area (Å²) in [6, 6.07) is 6.51. The number of nitrogens with zero attached hydrogens (tertiary/aromatic N) is 2. The molecule has 0 aliphatic heterocycles. The molecular weight excluding hydrogens is 217 g/mol. The van der Waals surface area contributed by atoms with E-state index in [1.54, 1.807) is 6.07 Å². The van der Waals surface area contributed by atoms with E-state index in [1.165, 1.54) is 12.1 Å². The quantitative estimate of drug-likeness (QED) is 0.875. The average molecular weight is 233 g/mol. The van der Waals surface area contributed by atoms with Crippen LogP contribution in [0.1, 0.15) is 5.82 Å². The summed E-state index contributed by atoms with van der Waals surface area (Å²) >= 11 is 0. The summed E-state index contributed by atoms with van der Waals surface area (Å²) in [5.41, 5.74) is 1.63. The Morgan fingerprint density at radius 1 is 1.41 bits per heavy atom. The molecular formula is C13H16FN3. The maximum atomic E-state index is 13.1. The Bertz CT molecular complexity index is 505. The van der Waals surface area contributed by atoms with Crippen molar-refractivity contribution in [2.24, 2.45) is 7.05 Å². The Balaban J connectivity index is 2.28. The number of hydrogen-bond donors (Lipinski definition) is 1. The van der Waals surface area contributed by atoms with E-state index in [-0.39, 0.29) is 5.82 Å². The Labute approximate surface area is 100 Å². The summed E-state index contributed by atoms with van der Waals surface area (Å²) in [5.74, 6) is 0.767. The molecule has 0 saturated heterocycles. The molecule has 0 aliphatic rings. The van der Waals surface area contributed by atoms with Gasteiger partial charge in [-0.3, -0.25) is 0 Å². The lowest BCUT2D eigenvalue weighted by Crippen LogP contribution is -2.12. The molecule has 1 aromatic carbocycles. The zero-order valence-corrected chi connectivity index (χ0v) is 10.1. The van der Waals surface area contributed by atoms with E-state index >= 15 is 0 Å². The Hall–Kier alpha value is -1.68. The fraction of sp³-hybridized carbons (Fsp3) is 0.308. The summed E-state index contributed by atoms with van der Waals surface area (Å²) in [5, 5.41) is 3.09. The van der Waals surface area contributed by atoms with Crippen molar-refractivity contribution in [2.75, 3.05) is 13.6 Å². The van der Waals surface area contributed by atoms with E-state index in [9.17, 15) is 4.39 Å². The standard InChI is InChI=1S/C13H16FN3/c1-15-7-6-13-16-12(9-17(13)2)10-4-3-5-11(14)8-10/h3-5,8-9,15H,6-7H2,1-2H3. The van der Waals surface area contributed by atoms with E-state index in [4.69, 9.17) is 0 Å². The molecule has 0 spiro atoms. The Morgan fingerprint density at radius 2 is 2.24 bits per heavy atom. The number of halogens is 1. The number of nitrogens with one attached hydrogen (secondary N) is 1. The number of imidazole rings is 1. The molecule has 0 unspecified atom stereocenters. The third-order valence-corrected chi connectivity index (χ3v) is 2.69. The van der Waals surface area contributed by atoms with Crippen molar-refractivity contribution in [1.29, 1.82) is 0 Å². The predicted octanol–water partition coefficient (Wildman–Crippen LogP) is 1.99. The summed E-state index contributed by atoms with van der Waals surface area (Å²) in [7, 11) is 3.87. The topological polar surface area (TPSA) is 29.9 Å². The van der Waals surface area contributed by atoms with E-state index in [0.29, 0.717) is 0 Å². The molecule has 3 nitrogen and oxygen atoms in total. The molecule has 2 rings (SSSR count). The van der Waals surface area contributed by atoms with Gasteiger partial charge in [-0.2, -0.15) is 0 Å². The predicted molar refractivity (Wildman–Crippen MR) is 66.2 cm³/mol. The molecule has 0 bridgehead atoms. The molecule has 0 atom stereocenters. The number of hydrogen-bond acceptors (Lipinski definition) is 2. The van der Waals surface area contributed by atoms with Gasteiger partial charge < -0.3 is 9.88 Å². The third kappa shape index (κ3) is 2.71. The van der Waals surface area contributed by atoms with Crippen molar-refractivity contribution in [3.8, 4) is 11.3 Å². The lowest BCUT2D eigenvalue weighted by atomic mass is 10.2. The van der Waals surface area contributed by atoms with Gasteiger partial charge in [0.15, 0.2) is 0 Å². The molecule has 2 aromatic rings. The van der Waals surface area contributed by atoms with Crippen molar-refractivity contribution in [3.05, 3.63) is 42.1 Å². The van der Waals surface area contributed by atoms with Crippen LogP contribution in [0.5, 0.6) is 0 Å². The lowest BCUT2D eigenvalue weighted by molar-refractivity contribution is 0.628. The Kier molecular flexibility index (Phi) is 3.54. The van der Waals surface area contributed by atoms with Gasteiger partial charge >= 0.3 is 0 Å². The first kappa shape index (κ1) is 11.8. The minimum absolute atomic E-state index is 0.232. The monoisotopic (exact) mass is 233 g/mol. The third-order valence-electron chi connectivity index (χ3n) is 2.69. The molecule has 1 N–H and O–H groups in total. The summed E-state index contributed by atoms with van der Waals surface area (Å²) in [6.07, 6.45) is 2.79. The number of aromatic nitrogens is 2. The van der Waals surface area contributed by atoms with Gasteiger partial charge in [0.25, 0.3) is 0 Å². The number of benzene rings is 1. The highest BCUT2D eigenvalue weighted by atomic mass is 19.1. The van der Waals surface area contributed by atoms with E-state index < -0.39 is 0 Å². The average Bonchev–Trinajstić information content (AvgIpc) is 2.68. The van der Waals surface area contributed by atoms with Crippen LogP contribution < -0.4 is 5.32 Å². The molecule has 1 heterocycles. The van der Waals surface area contributed by atoms with Crippen LogP contribution in [0.15, 0.2) is 30.5 Å². The van der Waals surface area contributed by atoms with Crippen molar-refractivity contribution < 1.29 is 4.39 Å². The van der Waals surface area contributed by atoms with Crippen LogP contribution >= 0.6 is 0 Å². The van der Waals surface area contributed by atoms with Gasteiger partial charge in [-0.05, 0) is 19.2 Å². The lowest BCUT2D eigenvalue weighted by Gasteiger charge is -1.99. The normalized spacial score (nSPS) is 10.8. The molecule has 90 valence electrons. The second-order valence-corrected chi connectivity index (χ2v) is 4.02. The smallest absolute Gasteiger partial charge is 0.123 e. The molecule has 0 aliphatic carbocycles. The second-order valence-electron chi connectivity index (χ2n) is 4.02. The van der Waals surface area contributed by atoms with Gasteiger partial charge in [-0.25, -0.2) is 9.37 Å². The van der Waals surface area contributed by atoms with Crippen molar-refractivity contribution in [1.82, 2.24) is 14.9 Å². The van der Waals surface area contributed by atoms with Gasteiger partial charge in [0.2, 0.25) is 0 Å². The van der Waals surface area contributed by atoms with Gasteiger partial charge in [0, 0.05) is 31.8 Å². The zero-order chi connectivity index (χ0) is 12.3. The molecule has 17 heavy (non-hydrogen) atoms. The van der Waals surface area contributed by atoms with E-state index in [1.807, 2.05) is 30.9 Å². The van der Waals surface area contributed by atoms with Crippen molar-refractivity contribution in [3.63, 3.8) is 0 Å². The molecule has 1 aromatic heterocycles. The van der Waals surface area contributed by atoms with Crippen molar-refractivity contribution in [2.45, 2.75) is 6.42 Å². The minimum Gasteiger partial charge on any atom is -0.337 e. The maximum absolute atomic E-state index is 13.1. The van der Waals surface area contributed by atoms with Crippen LogP contribution in [0.3, 0.4) is 0 Å². The van der Waals surface area contributed by atoms with Crippen LogP contribution in [-0.4, -0.2) is 23.1 Å². The first-order chi connectivity index (χ1) is 8.20. The van der Waals surface area contributed by atoms with E-state index in [2.05, 4.69) is 10.3 Å². The number of likely N-dealkylation sites (N-methyl/N-ethyl adjacent to an activating group) is 1. The summed E-state index contributed by atoms with van der Waals surface area (Å²) < 4.78 is 15.1.